The molecule has 9 nitrogen and oxygen atoms in total. The van der Waals surface area contributed by atoms with Gasteiger partial charge in [-0.2, -0.15) is 4.98 Å². The summed E-state index contributed by atoms with van der Waals surface area (Å²) in [5.74, 6) is 0.731. The Bertz CT molecular complexity index is 1330. The van der Waals surface area contributed by atoms with Crippen LogP contribution in [0.2, 0.25) is 0 Å². The Hall–Kier alpha value is -4.11. The molecule has 0 unspecified atom stereocenters. The number of hydrogen-bond acceptors (Lipinski definition) is 7. The minimum Gasteiger partial charge on any atom is -0.504 e. The molecule has 0 radical (unpaired) electrons. The molecule has 1 fully saturated rings. The van der Waals surface area contributed by atoms with Gasteiger partial charge in [-0.15, -0.1) is 0 Å². The molecule has 3 N–H and O–H groups in total. The quantitative estimate of drug-likeness (QED) is 0.300. The van der Waals surface area contributed by atoms with Crippen molar-refractivity contribution in [3.05, 3.63) is 77.6 Å². The molecule has 0 bridgehead atoms. The molecule has 0 saturated carbocycles. The van der Waals surface area contributed by atoms with Gasteiger partial charge in [-0.1, -0.05) is 29.4 Å². The fourth-order valence-electron chi connectivity index (χ4n) is 4.11. The number of nitrogens with zero attached hydrogens (tertiary/aromatic N) is 4. The first-order valence-electron chi connectivity index (χ1n) is 11.1. The number of H-pyrrole nitrogens is 1. The number of phenols is 2. The number of carbonyl (C=O) groups excluding carboxylic acids is 1. The molecule has 174 valence electrons. The van der Waals surface area contributed by atoms with Crippen molar-refractivity contribution in [1.82, 2.24) is 24.9 Å². The number of carbonyl (C=O) groups is 1. The zero-order valence-electron chi connectivity index (χ0n) is 18.5. The number of nitrogens with one attached hydrogen (secondary N) is 1. The molecule has 0 atom stereocenters. The van der Waals surface area contributed by atoms with Crippen LogP contribution < -0.4 is 0 Å². The van der Waals surface area contributed by atoms with Crippen molar-refractivity contribution >= 4 is 22.9 Å². The number of aromatic amines is 1. The Balaban J connectivity index is 1.12. The summed E-state index contributed by atoms with van der Waals surface area (Å²) in [6.45, 7) is 3.20. The fraction of sp³-hybridized carbons (Fsp3) is 0.240. The van der Waals surface area contributed by atoms with Crippen LogP contribution in [-0.2, 0) is 17.8 Å². The Morgan fingerprint density at radius 2 is 1.91 bits per heavy atom. The molecule has 2 aromatic carbocycles. The lowest BCUT2D eigenvalue weighted by atomic mass is 10.1. The van der Waals surface area contributed by atoms with E-state index in [1.54, 1.807) is 17.0 Å². The van der Waals surface area contributed by atoms with Gasteiger partial charge >= 0.3 is 0 Å². The minimum absolute atomic E-state index is 0.0900. The molecule has 0 aliphatic carbocycles. The van der Waals surface area contributed by atoms with Crippen molar-refractivity contribution in [3.63, 3.8) is 0 Å². The Morgan fingerprint density at radius 3 is 2.74 bits per heavy atom. The first kappa shape index (κ1) is 21.7. The number of piperazine rings is 1. The van der Waals surface area contributed by atoms with E-state index in [0.717, 1.165) is 16.5 Å². The van der Waals surface area contributed by atoms with E-state index < -0.39 is 0 Å². The van der Waals surface area contributed by atoms with E-state index in [1.807, 2.05) is 24.4 Å². The third kappa shape index (κ3) is 4.79. The number of fused-ring (bicyclic) bond motifs is 1. The van der Waals surface area contributed by atoms with E-state index in [0.29, 0.717) is 56.4 Å². The van der Waals surface area contributed by atoms with Crippen LogP contribution in [0.4, 0.5) is 0 Å². The van der Waals surface area contributed by atoms with Gasteiger partial charge in [0.15, 0.2) is 17.3 Å². The highest BCUT2D eigenvalue weighted by molar-refractivity contribution is 5.92. The van der Waals surface area contributed by atoms with Crippen LogP contribution in [-0.4, -0.2) is 67.2 Å². The smallest absolute Gasteiger partial charge is 0.246 e. The fourth-order valence-corrected chi connectivity index (χ4v) is 4.11. The van der Waals surface area contributed by atoms with Gasteiger partial charge in [0, 0.05) is 49.4 Å². The molecule has 1 aliphatic heterocycles. The van der Waals surface area contributed by atoms with E-state index in [-0.39, 0.29) is 17.4 Å². The van der Waals surface area contributed by atoms with Crippen LogP contribution in [0.25, 0.3) is 17.0 Å². The summed E-state index contributed by atoms with van der Waals surface area (Å²) in [5, 5.41) is 24.2. The SMILES string of the molecule is O=C(/C=C/c1ccc(O)c(O)c1)N1CCN(Cc2noc(Cc3c[nH]c4ccccc34)n2)CC1. The maximum atomic E-state index is 12.5. The van der Waals surface area contributed by atoms with E-state index in [2.05, 4.69) is 26.1 Å². The minimum atomic E-state index is -0.214. The van der Waals surface area contributed by atoms with E-state index in [9.17, 15) is 15.0 Å². The molecular weight excluding hydrogens is 434 g/mol. The maximum absolute atomic E-state index is 12.5. The number of phenolic OH excluding ortho intramolecular Hbond substituents is 2. The molecule has 9 heteroatoms. The Labute approximate surface area is 195 Å². The summed E-state index contributed by atoms with van der Waals surface area (Å²) in [6, 6.07) is 12.6. The summed E-state index contributed by atoms with van der Waals surface area (Å²) < 4.78 is 5.47. The number of amides is 1. The van der Waals surface area contributed by atoms with Gasteiger partial charge in [-0.05, 0) is 35.4 Å². The number of rotatable bonds is 6. The van der Waals surface area contributed by atoms with E-state index in [4.69, 9.17) is 4.52 Å². The summed E-state index contributed by atoms with van der Waals surface area (Å²) in [6.07, 6.45) is 5.66. The second-order valence-corrected chi connectivity index (χ2v) is 8.32. The number of para-hydroxylation sites is 1. The van der Waals surface area contributed by atoms with Crippen molar-refractivity contribution in [2.24, 2.45) is 0 Å². The van der Waals surface area contributed by atoms with Crippen molar-refractivity contribution in [1.29, 1.82) is 0 Å². The molecular formula is C25H25N5O4. The number of aromatic hydroxyl groups is 2. The van der Waals surface area contributed by atoms with Crippen LogP contribution in [0.15, 0.2) is 59.3 Å². The first-order chi connectivity index (χ1) is 16.5. The molecule has 4 aromatic rings. The van der Waals surface area contributed by atoms with Gasteiger partial charge in [0.25, 0.3) is 0 Å². The van der Waals surface area contributed by atoms with Crippen LogP contribution >= 0.6 is 0 Å². The van der Waals surface area contributed by atoms with Gasteiger partial charge in [0.2, 0.25) is 11.8 Å². The van der Waals surface area contributed by atoms with Gasteiger partial charge in [0.05, 0.1) is 13.0 Å². The monoisotopic (exact) mass is 459 g/mol. The van der Waals surface area contributed by atoms with Crippen LogP contribution in [0.3, 0.4) is 0 Å². The highest BCUT2D eigenvalue weighted by atomic mass is 16.5. The summed E-state index contributed by atoms with van der Waals surface area (Å²) in [5.41, 5.74) is 2.84. The Morgan fingerprint density at radius 1 is 1.09 bits per heavy atom. The van der Waals surface area contributed by atoms with Crippen molar-refractivity contribution < 1.29 is 19.5 Å². The molecule has 1 saturated heterocycles. The summed E-state index contributed by atoms with van der Waals surface area (Å²) in [4.78, 5) is 24.3. The molecule has 34 heavy (non-hydrogen) atoms. The average Bonchev–Trinajstić information content (AvgIpc) is 3.47. The van der Waals surface area contributed by atoms with E-state index >= 15 is 0 Å². The highest BCUT2D eigenvalue weighted by Crippen LogP contribution is 2.25. The average molecular weight is 460 g/mol. The van der Waals surface area contributed by atoms with Crippen LogP contribution in [0, 0.1) is 0 Å². The lowest BCUT2D eigenvalue weighted by Crippen LogP contribution is -2.47. The standard InChI is InChI=1S/C25H25N5O4/c31-21-7-5-17(13-22(21)32)6-8-25(33)30-11-9-29(10-12-30)16-23-27-24(34-28-23)14-18-15-26-20-4-2-1-3-19(18)20/h1-8,13,15,26,31-32H,9-12,14,16H2/b8-6+. The Kier molecular flexibility index (Phi) is 6.01. The zero-order valence-corrected chi connectivity index (χ0v) is 18.5. The highest BCUT2D eigenvalue weighted by Gasteiger charge is 2.21. The second-order valence-electron chi connectivity index (χ2n) is 8.32. The zero-order chi connectivity index (χ0) is 23.5. The third-order valence-electron chi connectivity index (χ3n) is 5.99. The van der Waals surface area contributed by atoms with Crippen molar-refractivity contribution in [2.75, 3.05) is 26.2 Å². The topological polar surface area (TPSA) is 119 Å². The molecule has 2 aromatic heterocycles. The van der Waals surface area contributed by atoms with Gasteiger partial charge in [-0.3, -0.25) is 9.69 Å². The largest absolute Gasteiger partial charge is 0.504 e. The molecule has 0 spiro atoms. The maximum Gasteiger partial charge on any atom is 0.246 e. The lowest BCUT2D eigenvalue weighted by Gasteiger charge is -2.33. The molecule has 1 aliphatic rings. The van der Waals surface area contributed by atoms with Crippen LogP contribution in [0.5, 0.6) is 11.5 Å². The molecule has 5 rings (SSSR count). The molecule has 1 amide bonds. The number of aromatic nitrogens is 3. The van der Waals surface area contributed by atoms with Gasteiger partial charge in [0.1, 0.15) is 0 Å². The predicted octanol–water partition coefficient (Wildman–Crippen LogP) is 2.91. The summed E-state index contributed by atoms with van der Waals surface area (Å²) >= 11 is 0. The first-order valence-corrected chi connectivity index (χ1v) is 11.1. The predicted molar refractivity (Wildman–Crippen MR) is 126 cm³/mol. The summed E-state index contributed by atoms with van der Waals surface area (Å²) in [7, 11) is 0. The number of hydrogen-bond donors (Lipinski definition) is 3. The normalized spacial score (nSPS) is 14.9. The third-order valence-corrected chi connectivity index (χ3v) is 5.99. The van der Waals surface area contributed by atoms with E-state index in [1.165, 1.54) is 18.2 Å². The lowest BCUT2D eigenvalue weighted by molar-refractivity contribution is -0.127. The van der Waals surface area contributed by atoms with Crippen molar-refractivity contribution in [2.45, 2.75) is 13.0 Å². The van der Waals surface area contributed by atoms with Gasteiger partial charge < -0.3 is 24.6 Å². The van der Waals surface area contributed by atoms with Crippen molar-refractivity contribution in [3.8, 4) is 11.5 Å². The number of benzene rings is 2. The van der Waals surface area contributed by atoms with Gasteiger partial charge in [-0.25, -0.2) is 0 Å². The molecule has 3 heterocycles. The van der Waals surface area contributed by atoms with Crippen LogP contribution in [0.1, 0.15) is 22.8 Å². The second kappa shape index (κ2) is 9.40.